The van der Waals surface area contributed by atoms with Crippen LogP contribution in [-0.2, 0) is 0 Å². The summed E-state index contributed by atoms with van der Waals surface area (Å²) in [5.74, 6) is 5.75. The van der Waals surface area contributed by atoms with E-state index in [1.165, 1.54) is 12.1 Å². The van der Waals surface area contributed by atoms with E-state index in [0.29, 0.717) is 13.0 Å². The van der Waals surface area contributed by atoms with Crippen molar-refractivity contribution in [3.05, 3.63) is 27.4 Å². The van der Waals surface area contributed by atoms with Gasteiger partial charge >= 0.3 is 5.69 Å². The van der Waals surface area contributed by atoms with Crippen molar-refractivity contribution in [3.63, 3.8) is 0 Å². The minimum Gasteiger partial charge on any atom is -0.363 e. The summed E-state index contributed by atoms with van der Waals surface area (Å²) in [5, 5.41) is 13.7. The van der Waals surface area contributed by atoms with Crippen LogP contribution in [-0.4, -0.2) is 16.5 Å². The summed E-state index contributed by atoms with van der Waals surface area (Å²) in [7, 11) is 0. The number of aromatic nitrogens is 1. The minimum absolute atomic E-state index is 0.0890. The van der Waals surface area contributed by atoms with E-state index >= 15 is 0 Å². The highest BCUT2D eigenvalue weighted by atomic mass is 35.5. The average Bonchev–Trinajstić information content (AvgIpc) is 2.24. The molecule has 0 saturated carbocycles. The molecule has 1 aromatic heterocycles. The summed E-state index contributed by atoms with van der Waals surface area (Å²) < 4.78 is 0. The van der Waals surface area contributed by atoms with Crippen LogP contribution < -0.4 is 5.32 Å². The molecule has 6 heteroatoms. The van der Waals surface area contributed by atoms with E-state index < -0.39 is 4.92 Å². The largest absolute Gasteiger partial charge is 0.363 e. The summed E-state index contributed by atoms with van der Waals surface area (Å²) in [6, 6.07) is 2.71. The number of anilines is 1. The van der Waals surface area contributed by atoms with Crippen LogP contribution in [0.15, 0.2) is 12.1 Å². The lowest BCUT2D eigenvalue weighted by atomic mass is 10.3. The Bertz CT molecular complexity index is 451. The molecule has 0 spiro atoms. The number of hydrogen-bond donors (Lipinski definition) is 1. The molecular formula is C10H10ClN3O2. The van der Waals surface area contributed by atoms with Gasteiger partial charge in [0.25, 0.3) is 0 Å². The molecule has 1 aromatic rings. The Morgan fingerprint density at radius 1 is 1.62 bits per heavy atom. The van der Waals surface area contributed by atoms with Crippen molar-refractivity contribution >= 4 is 23.1 Å². The quantitative estimate of drug-likeness (QED) is 0.288. The zero-order valence-electron chi connectivity index (χ0n) is 8.66. The Morgan fingerprint density at radius 3 is 3.00 bits per heavy atom. The first-order chi connectivity index (χ1) is 7.65. The zero-order valence-corrected chi connectivity index (χ0v) is 9.41. The predicted molar refractivity (Wildman–Crippen MR) is 62.5 cm³/mol. The maximum absolute atomic E-state index is 10.7. The molecule has 16 heavy (non-hydrogen) atoms. The zero-order chi connectivity index (χ0) is 12.0. The van der Waals surface area contributed by atoms with E-state index in [1.807, 2.05) is 0 Å². The highest BCUT2D eigenvalue weighted by Crippen LogP contribution is 2.23. The van der Waals surface area contributed by atoms with Gasteiger partial charge in [-0.1, -0.05) is 11.6 Å². The molecule has 1 rings (SSSR count). The second-order valence-corrected chi connectivity index (χ2v) is 3.25. The van der Waals surface area contributed by atoms with Crippen LogP contribution in [0.3, 0.4) is 0 Å². The van der Waals surface area contributed by atoms with Gasteiger partial charge < -0.3 is 5.32 Å². The molecule has 0 aliphatic carbocycles. The molecular weight excluding hydrogens is 230 g/mol. The lowest BCUT2D eigenvalue weighted by molar-refractivity contribution is -0.384. The van der Waals surface area contributed by atoms with E-state index in [2.05, 4.69) is 22.1 Å². The Morgan fingerprint density at radius 2 is 2.38 bits per heavy atom. The molecule has 5 nitrogen and oxygen atoms in total. The van der Waals surface area contributed by atoms with Crippen LogP contribution in [0.1, 0.15) is 13.3 Å². The van der Waals surface area contributed by atoms with Crippen molar-refractivity contribution in [1.29, 1.82) is 0 Å². The fraction of sp³-hybridized carbons (Fsp3) is 0.300. The van der Waals surface area contributed by atoms with Crippen molar-refractivity contribution in [1.82, 2.24) is 4.98 Å². The fourth-order valence-corrected chi connectivity index (χ4v) is 1.22. The lowest BCUT2D eigenvalue weighted by Crippen LogP contribution is -2.05. The van der Waals surface area contributed by atoms with Gasteiger partial charge in [-0.05, 0) is 13.0 Å². The van der Waals surface area contributed by atoms with Crippen LogP contribution in [0.5, 0.6) is 0 Å². The fourth-order valence-electron chi connectivity index (χ4n) is 1.07. The monoisotopic (exact) mass is 239 g/mol. The molecule has 1 N–H and O–H groups in total. The van der Waals surface area contributed by atoms with Crippen molar-refractivity contribution in [3.8, 4) is 11.8 Å². The molecule has 0 fully saturated rings. The standard InChI is InChI=1S/C10H10ClN3O2/c1-2-3-4-7-12-10-8(14(15)16)5-6-9(11)13-10/h5-6H,4,7H2,1H3,(H,12,13). The maximum Gasteiger partial charge on any atom is 0.311 e. The first kappa shape index (κ1) is 12.3. The topological polar surface area (TPSA) is 68.1 Å². The first-order valence-electron chi connectivity index (χ1n) is 4.59. The van der Waals surface area contributed by atoms with Gasteiger partial charge in [0.2, 0.25) is 5.82 Å². The number of halogens is 1. The van der Waals surface area contributed by atoms with E-state index in [-0.39, 0.29) is 16.7 Å². The van der Waals surface area contributed by atoms with Gasteiger partial charge in [-0.3, -0.25) is 10.1 Å². The Balaban J connectivity index is 2.78. The molecule has 1 heterocycles. The Hall–Kier alpha value is -1.80. The van der Waals surface area contributed by atoms with E-state index in [1.54, 1.807) is 6.92 Å². The van der Waals surface area contributed by atoms with Gasteiger partial charge in [-0.15, -0.1) is 11.8 Å². The highest BCUT2D eigenvalue weighted by Gasteiger charge is 2.14. The third kappa shape index (κ3) is 3.41. The summed E-state index contributed by atoms with van der Waals surface area (Å²) in [6.07, 6.45) is 0.599. The summed E-state index contributed by atoms with van der Waals surface area (Å²) in [5.41, 5.74) is -0.0890. The number of nitrogens with one attached hydrogen (secondary N) is 1. The van der Waals surface area contributed by atoms with Crippen molar-refractivity contribution < 1.29 is 4.92 Å². The summed E-state index contributed by atoms with van der Waals surface area (Å²) in [4.78, 5) is 14.0. The van der Waals surface area contributed by atoms with Gasteiger partial charge in [0.1, 0.15) is 5.15 Å². The molecule has 0 amide bonds. The van der Waals surface area contributed by atoms with Crippen molar-refractivity contribution in [2.75, 3.05) is 11.9 Å². The third-order valence-electron chi connectivity index (χ3n) is 1.76. The Labute approximate surface area is 98.0 Å². The number of rotatable bonds is 4. The molecule has 0 aliphatic heterocycles. The van der Waals surface area contributed by atoms with Crippen molar-refractivity contribution in [2.45, 2.75) is 13.3 Å². The summed E-state index contributed by atoms with van der Waals surface area (Å²) >= 11 is 5.66. The van der Waals surface area contributed by atoms with Gasteiger partial charge in [-0.2, -0.15) is 0 Å². The number of pyridine rings is 1. The van der Waals surface area contributed by atoms with Crippen LogP contribution in [0, 0.1) is 22.0 Å². The first-order valence-corrected chi connectivity index (χ1v) is 4.97. The maximum atomic E-state index is 10.7. The van der Waals surface area contributed by atoms with Crippen molar-refractivity contribution in [2.24, 2.45) is 0 Å². The predicted octanol–water partition coefficient (Wildman–Crippen LogP) is 2.47. The van der Waals surface area contributed by atoms with Crippen LogP contribution in [0.25, 0.3) is 0 Å². The van der Waals surface area contributed by atoms with E-state index in [0.717, 1.165) is 0 Å². The molecule has 0 saturated heterocycles. The van der Waals surface area contributed by atoms with Crippen LogP contribution >= 0.6 is 11.6 Å². The average molecular weight is 240 g/mol. The second-order valence-electron chi connectivity index (χ2n) is 2.86. The molecule has 0 radical (unpaired) electrons. The molecule has 0 bridgehead atoms. The normalized spacial score (nSPS) is 9.12. The molecule has 0 atom stereocenters. The van der Waals surface area contributed by atoms with Gasteiger partial charge in [0.05, 0.1) is 4.92 Å². The molecule has 0 aliphatic rings. The van der Waals surface area contributed by atoms with E-state index in [4.69, 9.17) is 11.6 Å². The number of hydrogen-bond acceptors (Lipinski definition) is 4. The summed E-state index contributed by atoms with van der Waals surface area (Å²) in [6.45, 7) is 2.23. The van der Waals surface area contributed by atoms with Gasteiger partial charge in [0, 0.05) is 19.0 Å². The third-order valence-corrected chi connectivity index (χ3v) is 1.97. The van der Waals surface area contributed by atoms with Crippen LogP contribution in [0.4, 0.5) is 11.5 Å². The molecule has 84 valence electrons. The smallest absolute Gasteiger partial charge is 0.311 e. The second kappa shape index (κ2) is 5.93. The molecule has 0 aromatic carbocycles. The number of nitrogens with zero attached hydrogens (tertiary/aromatic N) is 2. The van der Waals surface area contributed by atoms with Gasteiger partial charge in [0.15, 0.2) is 0 Å². The number of nitro groups is 1. The minimum atomic E-state index is -0.503. The highest BCUT2D eigenvalue weighted by molar-refractivity contribution is 6.29. The van der Waals surface area contributed by atoms with Gasteiger partial charge in [-0.25, -0.2) is 4.98 Å². The lowest BCUT2D eigenvalue weighted by Gasteiger charge is -2.04. The van der Waals surface area contributed by atoms with E-state index in [9.17, 15) is 10.1 Å². The molecule has 0 unspecified atom stereocenters. The van der Waals surface area contributed by atoms with Crippen LogP contribution in [0.2, 0.25) is 5.15 Å². The Kier molecular flexibility index (Phi) is 4.55. The SMILES string of the molecule is CC#CCCNc1nc(Cl)ccc1[N+](=O)[O-].